The third-order valence-electron chi connectivity index (χ3n) is 1.02. The van der Waals surface area contributed by atoms with Gasteiger partial charge in [0.25, 0.3) is 0 Å². The fraction of sp³-hybridized carbons (Fsp3) is 1.00. The van der Waals surface area contributed by atoms with Gasteiger partial charge in [-0.2, -0.15) is 0 Å². The lowest BCUT2D eigenvalue weighted by Crippen LogP contribution is -2.29. The Hall–Kier alpha value is -0.120. The molecule has 0 spiro atoms. The molecule has 56 valence electrons. The van der Waals surface area contributed by atoms with Crippen LogP contribution in [0, 0.1) is 0 Å². The quantitative estimate of drug-likeness (QED) is 0.436. The minimum Gasteiger partial charge on any atom is -0.394 e. The van der Waals surface area contributed by atoms with E-state index in [1.165, 1.54) is 0 Å². The normalized spacial score (nSPS) is 13.7. The molecule has 0 unspecified atom stereocenters. The Balaban J connectivity index is 2.88. The van der Waals surface area contributed by atoms with Crippen LogP contribution >= 0.6 is 0 Å². The first kappa shape index (κ1) is 8.88. The van der Waals surface area contributed by atoms with Crippen molar-refractivity contribution in [1.82, 2.24) is 5.32 Å². The Bertz CT molecular complexity index is 59.0. The van der Waals surface area contributed by atoms with Crippen LogP contribution in [0.5, 0.6) is 0 Å². The van der Waals surface area contributed by atoms with Crippen LogP contribution in [-0.2, 0) is 0 Å². The molecule has 0 aliphatic carbocycles. The lowest BCUT2D eigenvalue weighted by Gasteiger charge is -2.06. The number of hydrogen-bond donors (Lipinski definition) is 3. The summed E-state index contributed by atoms with van der Waals surface area (Å²) in [5.74, 6) is 0. The molecular weight excluding hydrogens is 118 g/mol. The van der Waals surface area contributed by atoms with Gasteiger partial charge in [0.1, 0.15) is 0 Å². The SMILES string of the molecule is CCCNC[C@H](O)CO. The van der Waals surface area contributed by atoms with Crippen molar-refractivity contribution in [1.29, 1.82) is 0 Å². The van der Waals surface area contributed by atoms with Gasteiger partial charge in [-0.25, -0.2) is 0 Å². The molecule has 0 saturated heterocycles. The lowest BCUT2D eigenvalue weighted by atomic mass is 10.3. The minimum absolute atomic E-state index is 0.156. The second-order valence-electron chi connectivity index (χ2n) is 2.04. The molecule has 0 aromatic heterocycles. The first-order chi connectivity index (χ1) is 4.31. The van der Waals surface area contributed by atoms with Crippen molar-refractivity contribution in [2.45, 2.75) is 19.4 Å². The van der Waals surface area contributed by atoms with E-state index < -0.39 is 6.10 Å². The van der Waals surface area contributed by atoms with Gasteiger partial charge in [0, 0.05) is 6.54 Å². The van der Waals surface area contributed by atoms with E-state index in [0.717, 1.165) is 13.0 Å². The molecule has 0 amide bonds. The fourth-order valence-corrected chi connectivity index (χ4v) is 0.510. The van der Waals surface area contributed by atoms with Crippen LogP contribution in [0.1, 0.15) is 13.3 Å². The second kappa shape index (κ2) is 6.01. The number of aliphatic hydroxyl groups excluding tert-OH is 2. The van der Waals surface area contributed by atoms with Crippen molar-refractivity contribution in [2.24, 2.45) is 0 Å². The molecule has 0 radical (unpaired) electrons. The zero-order chi connectivity index (χ0) is 7.11. The Morgan fingerprint density at radius 1 is 1.56 bits per heavy atom. The predicted octanol–water partition coefficient (Wildman–Crippen LogP) is -0.661. The summed E-state index contributed by atoms with van der Waals surface area (Å²) in [7, 11) is 0. The van der Waals surface area contributed by atoms with E-state index in [-0.39, 0.29) is 6.61 Å². The molecule has 0 aliphatic heterocycles. The summed E-state index contributed by atoms with van der Waals surface area (Å²) >= 11 is 0. The highest BCUT2D eigenvalue weighted by molar-refractivity contribution is 4.55. The molecule has 3 heteroatoms. The summed E-state index contributed by atoms with van der Waals surface area (Å²) in [5.41, 5.74) is 0. The van der Waals surface area contributed by atoms with Gasteiger partial charge in [-0.15, -0.1) is 0 Å². The van der Waals surface area contributed by atoms with E-state index in [1.807, 2.05) is 0 Å². The van der Waals surface area contributed by atoms with Gasteiger partial charge in [0.15, 0.2) is 0 Å². The van der Waals surface area contributed by atoms with Gasteiger partial charge < -0.3 is 15.5 Å². The van der Waals surface area contributed by atoms with Crippen LogP contribution < -0.4 is 5.32 Å². The van der Waals surface area contributed by atoms with Crippen LogP contribution in [0.15, 0.2) is 0 Å². The number of hydrogen-bond acceptors (Lipinski definition) is 3. The molecular formula is C6H15NO2. The number of rotatable bonds is 5. The Morgan fingerprint density at radius 2 is 2.22 bits per heavy atom. The van der Waals surface area contributed by atoms with Crippen LogP contribution in [0.4, 0.5) is 0 Å². The Morgan fingerprint density at radius 3 is 2.67 bits per heavy atom. The first-order valence-corrected chi connectivity index (χ1v) is 3.31. The van der Waals surface area contributed by atoms with Gasteiger partial charge in [0.2, 0.25) is 0 Å². The van der Waals surface area contributed by atoms with E-state index >= 15 is 0 Å². The maximum Gasteiger partial charge on any atom is 0.0894 e. The van der Waals surface area contributed by atoms with Gasteiger partial charge in [0.05, 0.1) is 12.7 Å². The van der Waals surface area contributed by atoms with Gasteiger partial charge in [-0.1, -0.05) is 6.92 Å². The van der Waals surface area contributed by atoms with E-state index in [0.29, 0.717) is 6.54 Å². The predicted molar refractivity (Wildman–Crippen MR) is 36.3 cm³/mol. The van der Waals surface area contributed by atoms with Gasteiger partial charge in [-0.05, 0) is 13.0 Å². The zero-order valence-corrected chi connectivity index (χ0v) is 5.80. The smallest absolute Gasteiger partial charge is 0.0894 e. The van der Waals surface area contributed by atoms with Gasteiger partial charge >= 0.3 is 0 Å². The molecule has 3 nitrogen and oxygen atoms in total. The second-order valence-corrected chi connectivity index (χ2v) is 2.04. The maximum atomic E-state index is 8.77. The molecule has 0 aromatic carbocycles. The van der Waals surface area contributed by atoms with Crippen LogP contribution in [0.2, 0.25) is 0 Å². The molecule has 0 aromatic rings. The van der Waals surface area contributed by atoms with Crippen LogP contribution in [0.3, 0.4) is 0 Å². The van der Waals surface area contributed by atoms with Gasteiger partial charge in [-0.3, -0.25) is 0 Å². The largest absolute Gasteiger partial charge is 0.394 e. The van der Waals surface area contributed by atoms with Crippen molar-refractivity contribution in [3.8, 4) is 0 Å². The third kappa shape index (κ3) is 5.76. The Kier molecular flexibility index (Phi) is 5.93. The highest BCUT2D eigenvalue weighted by Gasteiger charge is 1.97. The minimum atomic E-state index is -0.600. The molecule has 0 fully saturated rings. The van der Waals surface area contributed by atoms with Crippen molar-refractivity contribution < 1.29 is 10.2 Å². The molecule has 0 heterocycles. The third-order valence-corrected chi connectivity index (χ3v) is 1.02. The fourth-order valence-electron chi connectivity index (χ4n) is 0.510. The highest BCUT2D eigenvalue weighted by Crippen LogP contribution is 1.76. The highest BCUT2D eigenvalue weighted by atomic mass is 16.3. The standard InChI is InChI=1S/C6H15NO2/c1-2-3-7-4-6(9)5-8/h6-9H,2-5H2,1H3/t6-/m0/s1. The van der Waals surface area contributed by atoms with Crippen molar-refractivity contribution in [3.63, 3.8) is 0 Å². The van der Waals surface area contributed by atoms with E-state index in [4.69, 9.17) is 10.2 Å². The van der Waals surface area contributed by atoms with E-state index in [2.05, 4.69) is 12.2 Å². The van der Waals surface area contributed by atoms with Crippen LogP contribution in [0.25, 0.3) is 0 Å². The lowest BCUT2D eigenvalue weighted by molar-refractivity contribution is 0.0946. The molecule has 1 atom stereocenters. The number of nitrogens with one attached hydrogen (secondary N) is 1. The summed E-state index contributed by atoms with van der Waals surface area (Å²) in [4.78, 5) is 0. The monoisotopic (exact) mass is 133 g/mol. The zero-order valence-electron chi connectivity index (χ0n) is 5.80. The Labute approximate surface area is 55.7 Å². The van der Waals surface area contributed by atoms with Crippen molar-refractivity contribution >= 4 is 0 Å². The van der Waals surface area contributed by atoms with Crippen LogP contribution in [-0.4, -0.2) is 36.0 Å². The average Bonchev–Trinajstić information content (AvgIpc) is 1.89. The molecule has 9 heavy (non-hydrogen) atoms. The summed E-state index contributed by atoms with van der Waals surface area (Å²) in [5, 5.41) is 20.1. The molecule has 0 rings (SSSR count). The first-order valence-electron chi connectivity index (χ1n) is 3.31. The average molecular weight is 133 g/mol. The topological polar surface area (TPSA) is 52.5 Å². The van der Waals surface area contributed by atoms with Crippen molar-refractivity contribution in [3.05, 3.63) is 0 Å². The summed E-state index contributed by atoms with van der Waals surface area (Å²) < 4.78 is 0. The molecule has 3 N–H and O–H groups in total. The molecule has 0 bridgehead atoms. The molecule has 0 aliphatic rings. The molecule has 0 saturated carbocycles. The summed E-state index contributed by atoms with van der Waals surface area (Å²) in [6, 6.07) is 0. The maximum absolute atomic E-state index is 8.77. The van der Waals surface area contributed by atoms with E-state index in [1.54, 1.807) is 0 Å². The summed E-state index contributed by atoms with van der Waals surface area (Å²) in [6.45, 7) is 3.29. The number of aliphatic hydroxyl groups is 2. The van der Waals surface area contributed by atoms with E-state index in [9.17, 15) is 0 Å². The van der Waals surface area contributed by atoms with Crippen molar-refractivity contribution in [2.75, 3.05) is 19.7 Å². The summed E-state index contributed by atoms with van der Waals surface area (Å²) in [6.07, 6.45) is 0.453.